The molecule has 1 aliphatic heterocycles. The normalized spacial score (nSPS) is 21.2. The lowest BCUT2D eigenvalue weighted by Crippen LogP contribution is -2.50. The lowest BCUT2D eigenvalue weighted by molar-refractivity contribution is -0.141. The van der Waals surface area contributed by atoms with E-state index in [2.05, 4.69) is 41.7 Å². The van der Waals surface area contributed by atoms with E-state index in [9.17, 15) is 9.59 Å². The van der Waals surface area contributed by atoms with Crippen molar-refractivity contribution >= 4 is 17.7 Å². The van der Waals surface area contributed by atoms with Gasteiger partial charge in [-0.25, -0.2) is 4.68 Å². The maximum atomic E-state index is 13.5. The summed E-state index contributed by atoms with van der Waals surface area (Å²) < 4.78 is 7.14. The van der Waals surface area contributed by atoms with Gasteiger partial charge in [0.15, 0.2) is 0 Å². The molecule has 2 aliphatic rings. The molecular formula is C25H34N4O3. The molecule has 1 amide bonds. The zero-order chi connectivity index (χ0) is 22.8. The molecule has 1 aliphatic carbocycles. The van der Waals surface area contributed by atoms with Gasteiger partial charge in [-0.3, -0.25) is 9.59 Å². The van der Waals surface area contributed by atoms with E-state index in [0.717, 1.165) is 37.9 Å². The molecule has 0 bridgehead atoms. The maximum absolute atomic E-state index is 13.5. The summed E-state index contributed by atoms with van der Waals surface area (Å²) in [7, 11) is 0. The second-order valence-electron chi connectivity index (χ2n) is 9.83. The third kappa shape index (κ3) is 4.66. The number of benzene rings is 1. The number of amides is 1. The number of hydrogen-bond donors (Lipinski definition) is 2. The van der Waals surface area contributed by atoms with Gasteiger partial charge < -0.3 is 15.4 Å². The fourth-order valence-corrected chi connectivity index (χ4v) is 5.17. The number of ether oxygens (including phenoxy) is 1. The van der Waals surface area contributed by atoms with Crippen LogP contribution in [0.3, 0.4) is 0 Å². The van der Waals surface area contributed by atoms with Crippen LogP contribution >= 0.6 is 0 Å². The lowest BCUT2D eigenvalue weighted by Gasteiger charge is -2.39. The first-order chi connectivity index (χ1) is 15.3. The summed E-state index contributed by atoms with van der Waals surface area (Å²) in [5.74, 6) is 0.359. The zero-order valence-corrected chi connectivity index (χ0v) is 19.3. The predicted molar refractivity (Wildman–Crippen MR) is 124 cm³/mol. The van der Waals surface area contributed by atoms with Crippen molar-refractivity contribution in [1.29, 1.82) is 0 Å². The number of nitrogens with zero attached hydrogens (tertiary/aromatic N) is 2. The fraction of sp³-hybridized carbons (Fsp3) is 0.560. The zero-order valence-electron chi connectivity index (χ0n) is 19.3. The number of rotatable bonds is 6. The van der Waals surface area contributed by atoms with Crippen LogP contribution in [0.1, 0.15) is 87.7 Å². The van der Waals surface area contributed by atoms with Gasteiger partial charge in [-0.1, -0.05) is 49.6 Å². The van der Waals surface area contributed by atoms with E-state index in [4.69, 9.17) is 4.74 Å². The summed E-state index contributed by atoms with van der Waals surface area (Å²) in [6.07, 6.45) is 8.27. The number of anilines is 1. The van der Waals surface area contributed by atoms with Gasteiger partial charge in [0.25, 0.3) is 5.91 Å². The molecule has 172 valence electrons. The number of esters is 1. The number of hydrogen-bond acceptors (Lipinski definition) is 5. The van der Waals surface area contributed by atoms with Gasteiger partial charge in [-0.15, -0.1) is 0 Å². The number of carbonyl (C=O) groups is 2. The summed E-state index contributed by atoms with van der Waals surface area (Å²) in [6, 6.07) is 10.4. The van der Waals surface area contributed by atoms with Crippen LogP contribution in [0.25, 0.3) is 0 Å². The number of fused-ring (bicyclic) bond motifs is 1. The highest BCUT2D eigenvalue weighted by Gasteiger charge is 2.39. The molecule has 1 fully saturated rings. The van der Waals surface area contributed by atoms with Gasteiger partial charge in [0.1, 0.15) is 11.4 Å². The van der Waals surface area contributed by atoms with Gasteiger partial charge in [-0.2, -0.15) is 5.10 Å². The van der Waals surface area contributed by atoms with Crippen molar-refractivity contribution in [3.8, 4) is 0 Å². The minimum Gasteiger partial charge on any atom is -0.466 e. The summed E-state index contributed by atoms with van der Waals surface area (Å²) in [4.78, 5) is 24.7. The van der Waals surface area contributed by atoms with Crippen LogP contribution in [0, 0.1) is 0 Å². The summed E-state index contributed by atoms with van der Waals surface area (Å²) >= 11 is 0. The molecule has 7 nitrogen and oxygen atoms in total. The Kier molecular flexibility index (Phi) is 6.26. The highest BCUT2D eigenvalue weighted by Crippen LogP contribution is 2.40. The van der Waals surface area contributed by atoms with Gasteiger partial charge in [0.05, 0.1) is 24.4 Å². The molecule has 1 unspecified atom stereocenters. The maximum Gasteiger partial charge on any atom is 0.302 e. The predicted octanol–water partition coefficient (Wildman–Crippen LogP) is 4.56. The van der Waals surface area contributed by atoms with Gasteiger partial charge in [0.2, 0.25) is 0 Å². The topological polar surface area (TPSA) is 85.2 Å². The van der Waals surface area contributed by atoms with Crippen LogP contribution in [0.5, 0.6) is 0 Å². The molecule has 1 aromatic heterocycles. The average molecular weight is 439 g/mol. The molecule has 2 N–H and O–H groups in total. The van der Waals surface area contributed by atoms with Crippen molar-refractivity contribution in [2.75, 3.05) is 11.9 Å². The SMILES string of the molecule is CC(=O)OCCC1(NC(=O)c2cnn3c2NC(c2ccccc2)CC3(C)C)CCCCC1. The van der Waals surface area contributed by atoms with E-state index in [1.807, 2.05) is 22.9 Å². The Hall–Kier alpha value is -2.83. The van der Waals surface area contributed by atoms with Crippen molar-refractivity contribution < 1.29 is 14.3 Å². The highest BCUT2D eigenvalue weighted by molar-refractivity contribution is 5.99. The smallest absolute Gasteiger partial charge is 0.302 e. The summed E-state index contributed by atoms with van der Waals surface area (Å²) in [5, 5.41) is 11.5. The molecule has 1 atom stereocenters. The Morgan fingerprint density at radius 2 is 1.91 bits per heavy atom. The van der Waals surface area contributed by atoms with Crippen LogP contribution in [0.15, 0.2) is 36.5 Å². The number of carbonyl (C=O) groups excluding carboxylic acids is 2. The largest absolute Gasteiger partial charge is 0.466 e. The van der Waals surface area contributed by atoms with E-state index >= 15 is 0 Å². The Morgan fingerprint density at radius 1 is 1.19 bits per heavy atom. The minimum absolute atomic E-state index is 0.106. The van der Waals surface area contributed by atoms with E-state index < -0.39 is 0 Å². The van der Waals surface area contributed by atoms with Gasteiger partial charge >= 0.3 is 5.97 Å². The Morgan fingerprint density at radius 3 is 2.59 bits per heavy atom. The highest BCUT2D eigenvalue weighted by atomic mass is 16.5. The van der Waals surface area contributed by atoms with E-state index in [-0.39, 0.29) is 29.0 Å². The average Bonchev–Trinajstić information content (AvgIpc) is 3.20. The van der Waals surface area contributed by atoms with Crippen LogP contribution in [0.2, 0.25) is 0 Å². The molecule has 1 saturated carbocycles. The van der Waals surface area contributed by atoms with Crippen molar-refractivity contribution in [2.24, 2.45) is 0 Å². The first kappa shape index (κ1) is 22.4. The van der Waals surface area contributed by atoms with E-state index in [1.165, 1.54) is 18.9 Å². The monoisotopic (exact) mass is 438 g/mol. The molecule has 2 heterocycles. The second-order valence-corrected chi connectivity index (χ2v) is 9.83. The lowest BCUT2D eigenvalue weighted by atomic mass is 9.79. The number of aromatic nitrogens is 2. The molecule has 7 heteroatoms. The van der Waals surface area contributed by atoms with Crippen molar-refractivity contribution in [3.05, 3.63) is 47.7 Å². The third-order valence-corrected chi connectivity index (χ3v) is 6.88. The Bertz CT molecular complexity index is 961. The van der Waals surface area contributed by atoms with E-state index in [0.29, 0.717) is 18.6 Å². The molecule has 32 heavy (non-hydrogen) atoms. The Balaban J connectivity index is 1.57. The fourth-order valence-electron chi connectivity index (χ4n) is 5.17. The first-order valence-corrected chi connectivity index (χ1v) is 11.7. The van der Waals surface area contributed by atoms with Gasteiger partial charge in [0, 0.05) is 18.9 Å². The third-order valence-electron chi connectivity index (χ3n) is 6.88. The van der Waals surface area contributed by atoms with Crippen LogP contribution in [-0.4, -0.2) is 33.8 Å². The standard InChI is InChI=1S/C25H34N4O3/c1-18(30)32-15-14-25(12-8-5-9-13-25)28-23(31)20-17-26-29-22(20)27-21(16-24(29,2)3)19-10-6-4-7-11-19/h4,6-7,10-11,17,21,27H,5,8-9,12-16H2,1-3H3,(H,28,31). The quantitative estimate of drug-likeness (QED) is 0.646. The van der Waals surface area contributed by atoms with Crippen molar-refractivity contribution in [2.45, 2.75) is 82.8 Å². The Labute approximate surface area is 189 Å². The minimum atomic E-state index is -0.345. The molecule has 4 rings (SSSR count). The molecule has 0 saturated heterocycles. The van der Waals surface area contributed by atoms with Crippen LogP contribution in [0.4, 0.5) is 5.82 Å². The first-order valence-electron chi connectivity index (χ1n) is 11.7. The summed E-state index contributed by atoms with van der Waals surface area (Å²) in [6.45, 7) is 6.05. The second kappa shape index (κ2) is 8.96. The molecule has 1 aromatic carbocycles. The van der Waals surface area contributed by atoms with Crippen LogP contribution in [-0.2, 0) is 15.1 Å². The molecule has 0 radical (unpaired) electrons. The van der Waals surface area contributed by atoms with Gasteiger partial charge in [-0.05, 0) is 38.7 Å². The summed E-state index contributed by atoms with van der Waals surface area (Å²) in [5.41, 5.74) is 1.20. The van der Waals surface area contributed by atoms with Crippen molar-refractivity contribution in [1.82, 2.24) is 15.1 Å². The number of nitrogens with one attached hydrogen (secondary N) is 2. The van der Waals surface area contributed by atoms with E-state index in [1.54, 1.807) is 6.20 Å². The molecule has 0 spiro atoms. The van der Waals surface area contributed by atoms with Crippen LogP contribution < -0.4 is 10.6 Å². The molecule has 2 aromatic rings. The van der Waals surface area contributed by atoms with Crippen molar-refractivity contribution in [3.63, 3.8) is 0 Å². The molecular weight excluding hydrogens is 404 g/mol.